The standard InChI is InChI=1S/C14H29NO4/c1-12(9-17-2)19-11-14(16)8-15-6-4-5-13(7-15)10-18-3/h12-14,16H,4-11H2,1-3H3. The van der Waals surface area contributed by atoms with Gasteiger partial charge in [-0.05, 0) is 32.2 Å². The van der Waals surface area contributed by atoms with Crippen LogP contribution in [0.2, 0.25) is 0 Å². The van der Waals surface area contributed by atoms with Gasteiger partial charge in [0.15, 0.2) is 0 Å². The third-order valence-corrected chi connectivity index (χ3v) is 3.45. The van der Waals surface area contributed by atoms with Crippen LogP contribution in [0.25, 0.3) is 0 Å². The molecule has 5 heteroatoms. The lowest BCUT2D eigenvalue weighted by Gasteiger charge is -2.33. The van der Waals surface area contributed by atoms with E-state index in [1.807, 2.05) is 6.92 Å². The largest absolute Gasteiger partial charge is 0.389 e. The second kappa shape index (κ2) is 9.66. The molecule has 3 unspecified atom stereocenters. The van der Waals surface area contributed by atoms with E-state index in [1.54, 1.807) is 14.2 Å². The van der Waals surface area contributed by atoms with Crippen LogP contribution in [0.15, 0.2) is 0 Å². The molecule has 0 amide bonds. The van der Waals surface area contributed by atoms with E-state index in [0.29, 0.717) is 25.7 Å². The van der Waals surface area contributed by atoms with E-state index in [-0.39, 0.29) is 6.10 Å². The molecule has 1 rings (SSSR count). The molecule has 3 atom stereocenters. The summed E-state index contributed by atoms with van der Waals surface area (Å²) in [7, 11) is 3.40. The van der Waals surface area contributed by atoms with Crippen LogP contribution >= 0.6 is 0 Å². The summed E-state index contributed by atoms with van der Waals surface area (Å²) in [5.41, 5.74) is 0. The summed E-state index contributed by atoms with van der Waals surface area (Å²) < 4.78 is 15.7. The molecule has 1 saturated heterocycles. The zero-order valence-corrected chi connectivity index (χ0v) is 12.5. The summed E-state index contributed by atoms with van der Waals surface area (Å²) in [6, 6.07) is 0. The lowest BCUT2D eigenvalue weighted by Crippen LogP contribution is -2.42. The Morgan fingerprint density at radius 1 is 1.26 bits per heavy atom. The number of rotatable bonds is 9. The predicted molar refractivity (Wildman–Crippen MR) is 74.3 cm³/mol. The second-order valence-electron chi connectivity index (χ2n) is 5.48. The smallest absolute Gasteiger partial charge is 0.0900 e. The van der Waals surface area contributed by atoms with Gasteiger partial charge >= 0.3 is 0 Å². The summed E-state index contributed by atoms with van der Waals surface area (Å²) in [5, 5.41) is 10.00. The van der Waals surface area contributed by atoms with Crippen molar-refractivity contribution in [3.8, 4) is 0 Å². The van der Waals surface area contributed by atoms with Crippen LogP contribution in [0, 0.1) is 5.92 Å². The Bertz CT molecular complexity index is 225. The van der Waals surface area contributed by atoms with E-state index >= 15 is 0 Å². The number of nitrogens with zero attached hydrogens (tertiary/aromatic N) is 1. The molecule has 1 heterocycles. The Kier molecular flexibility index (Phi) is 8.57. The van der Waals surface area contributed by atoms with E-state index in [0.717, 1.165) is 19.7 Å². The number of piperidine rings is 1. The summed E-state index contributed by atoms with van der Waals surface area (Å²) >= 11 is 0. The first kappa shape index (κ1) is 16.9. The van der Waals surface area contributed by atoms with Gasteiger partial charge in [0, 0.05) is 27.3 Å². The van der Waals surface area contributed by atoms with Gasteiger partial charge < -0.3 is 24.2 Å². The molecule has 1 aliphatic heterocycles. The number of hydrogen-bond donors (Lipinski definition) is 1. The fourth-order valence-corrected chi connectivity index (χ4v) is 2.60. The van der Waals surface area contributed by atoms with Crippen molar-refractivity contribution in [2.24, 2.45) is 5.92 Å². The van der Waals surface area contributed by atoms with Crippen molar-refractivity contribution in [2.45, 2.75) is 32.0 Å². The zero-order valence-electron chi connectivity index (χ0n) is 12.5. The van der Waals surface area contributed by atoms with Gasteiger partial charge in [0.05, 0.1) is 32.0 Å². The van der Waals surface area contributed by atoms with E-state index in [9.17, 15) is 5.11 Å². The number of methoxy groups -OCH3 is 2. The maximum Gasteiger partial charge on any atom is 0.0900 e. The first-order valence-corrected chi connectivity index (χ1v) is 7.15. The van der Waals surface area contributed by atoms with Gasteiger partial charge in [-0.3, -0.25) is 0 Å². The van der Waals surface area contributed by atoms with Gasteiger partial charge in [-0.2, -0.15) is 0 Å². The van der Waals surface area contributed by atoms with Crippen molar-refractivity contribution in [3.63, 3.8) is 0 Å². The lowest BCUT2D eigenvalue weighted by atomic mass is 9.99. The van der Waals surface area contributed by atoms with Crippen molar-refractivity contribution >= 4 is 0 Å². The highest BCUT2D eigenvalue weighted by molar-refractivity contribution is 4.75. The summed E-state index contributed by atoms with van der Waals surface area (Å²) in [6.45, 7) is 6.45. The van der Waals surface area contributed by atoms with Crippen molar-refractivity contribution in [3.05, 3.63) is 0 Å². The summed E-state index contributed by atoms with van der Waals surface area (Å²) in [4.78, 5) is 2.31. The first-order valence-electron chi connectivity index (χ1n) is 7.15. The van der Waals surface area contributed by atoms with Crippen LogP contribution < -0.4 is 0 Å². The molecule has 0 aromatic carbocycles. The average Bonchev–Trinajstić information content (AvgIpc) is 2.38. The monoisotopic (exact) mass is 275 g/mol. The first-order chi connectivity index (χ1) is 9.15. The Balaban J connectivity index is 2.18. The molecule has 1 aliphatic rings. The fraction of sp³-hybridized carbons (Fsp3) is 1.00. The normalized spacial score (nSPS) is 24.3. The number of β-amino-alcohol motifs (C(OH)–C–C–N with tert-alkyl or cyclic N) is 1. The van der Waals surface area contributed by atoms with E-state index < -0.39 is 6.10 Å². The molecule has 5 nitrogen and oxygen atoms in total. The highest BCUT2D eigenvalue weighted by Crippen LogP contribution is 2.16. The third-order valence-electron chi connectivity index (χ3n) is 3.45. The van der Waals surface area contributed by atoms with Crippen LogP contribution in [-0.4, -0.2) is 75.9 Å². The van der Waals surface area contributed by atoms with Crippen LogP contribution in [0.5, 0.6) is 0 Å². The van der Waals surface area contributed by atoms with Crippen molar-refractivity contribution in [2.75, 3.05) is 53.7 Å². The number of aliphatic hydroxyl groups is 1. The van der Waals surface area contributed by atoms with E-state index in [2.05, 4.69) is 4.90 Å². The van der Waals surface area contributed by atoms with Gasteiger partial charge in [0.25, 0.3) is 0 Å². The molecule has 0 bridgehead atoms. The molecule has 0 saturated carbocycles. The Morgan fingerprint density at radius 3 is 2.74 bits per heavy atom. The molecular formula is C14H29NO4. The van der Waals surface area contributed by atoms with Gasteiger partial charge in [-0.25, -0.2) is 0 Å². The quantitative estimate of drug-likeness (QED) is 0.673. The Hall–Kier alpha value is -0.200. The molecule has 19 heavy (non-hydrogen) atoms. The van der Waals surface area contributed by atoms with Gasteiger partial charge in [-0.1, -0.05) is 0 Å². The number of aliphatic hydroxyl groups excluding tert-OH is 1. The fourth-order valence-electron chi connectivity index (χ4n) is 2.60. The van der Waals surface area contributed by atoms with E-state index in [1.165, 1.54) is 12.8 Å². The highest BCUT2D eigenvalue weighted by Gasteiger charge is 2.21. The molecular weight excluding hydrogens is 246 g/mol. The van der Waals surface area contributed by atoms with Crippen LogP contribution in [0.1, 0.15) is 19.8 Å². The molecule has 0 spiro atoms. The minimum atomic E-state index is -0.430. The van der Waals surface area contributed by atoms with Crippen LogP contribution in [0.4, 0.5) is 0 Å². The highest BCUT2D eigenvalue weighted by atomic mass is 16.5. The average molecular weight is 275 g/mol. The maximum absolute atomic E-state index is 10.00. The third kappa shape index (κ3) is 7.22. The molecule has 1 N–H and O–H groups in total. The molecule has 0 aromatic heterocycles. The van der Waals surface area contributed by atoms with Gasteiger partial charge in [0.2, 0.25) is 0 Å². The maximum atomic E-state index is 10.00. The van der Waals surface area contributed by atoms with Gasteiger partial charge in [-0.15, -0.1) is 0 Å². The zero-order chi connectivity index (χ0) is 14.1. The molecule has 0 aliphatic carbocycles. The van der Waals surface area contributed by atoms with Crippen molar-refractivity contribution in [1.29, 1.82) is 0 Å². The van der Waals surface area contributed by atoms with Crippen molar-refractivity contribution in [1.82, 2.24) is 4.90 Å². The van der Waals surface area contributed by atoms with Crippen LogP contribution in [-0.2, 0) is 14.2 Å². The topological polar surface area (TPSA) is 51.2 Å². The summed E-state index contributed by atoms with van der Waals surface area (Å²) in [5.74, 6) is 0.597. The molecule has 114 valence electrons. The Morgan fingerprint density at radius 2 is 2.05 bits per heavy atom. The minimum absolute atomic E-state index is 0.0299. The predicted octanol–water partition coefficient (Wildman–Crippen LogP) is 0.757. The minimum Gasteiger partial charge on any atom is -0.389 e. The van der Waals surface area contributed by atoms with E-state index in [4.69, 9.17) is 14.2 Å². The Labute approximate surface area is 116 Å². The van der Waals surface area contributed by atoms with Crippen molar-refractivity contribution < 1.29 is 19.3 Å². The molecule has 0 aromatic rings. The number of hydrogen-bond acceptors (Lipinski definition) is 5. The van der Waals surface area contributed by atoms with Gasteiger partial charge in [0.1, 0.15) is 0 Å². The summed E-state index contributed by atoms with van der Waals surface area (Å²) in [6.07, 6.45) is 2.01. The molecule has 1 fully saturated rings. The van der Waals surface area contributed by atoms with Crippen LogP contribution in [0.3, 0.4) is 0 Å². The number of likely N-dealkylation sites (tertiary alicyclic amines) is 1. The second-order valence-corrected chi connectivity index (χ2v) is 5.48. The SMILES string of the molecule is COCC1CCCN(CC(O)COC(C)COC)C1. The molecule has 0 radical (unpaired) electrons. The number of ether oxygens (including phenoxy) is 3. The lowest BCUT2D eigenvalue weighted by molar-refractivity contribution is -0.0435.